The molecule has 0 saturated heterocycles. The molecule has 5 nitrogen and oxygen atoms in total. The number of benzene rings is 2. The number of nitrogens with one attached hydrogen (secondary N) is 2. The first-order chi connectivity index (χ1) is 10.6. The van der Waals surface area contributed by atoms with Gasteiger partial charge in [0.25, 0.3) is 11.5 Å². The standard InChI is InChI=1S/C15H9BrFN3O2/c16-8-5-6-12(11(17)7-8)18-15(22)13-9-3-1-2-4-10(9)14(21)20-19-13/h1-7H,(H,18,22)(H,20,21). The van der Waals surface area contributed by atoms with Gasteiger partial charge < -0.3 is 5.32 Å². The molecular formula is C15H9BrFN3O2. The van der Waals surface area contributed by atoms with Gasteiger partial charge in [0, 0.05) is 9.86 Å². The van der Waals surface area contributed by atoms with E-state index in [4.69, 9.17) is 0 Å². The second-order valence-electron chi connectivity index (χ2n) is 4.53. The van der Waals surface area contributed by atoms with E-state index in [0.29, 0.717) is 15.2 Å². The smallest absolute Gasteiger partial charge is 0.276 e. The molecule has 0 aliphatic heterocycles. The molecule has 0 unspecified atom stereocenters. The Morgan fingerprint density at radius 3 is 2.64 bits per heavy atom. The summed E-state index contributed by atoms with van der Waals surface area (Å²) in [6.07, 6.45) is 0. The van der Waals surface area contributed by atoms with Crippen LogP contribution in [0.4, 0.5) is 10.1 Å². The van der Waals surface area contributed by atoms with Crippen molar-refractivity contribution in [2.45, 2.75) is 0 Å². The average molecular weight is 362 g/mol. The largest absolute Gasteiger partial charge is 0.318 e. The van der Waals surface area contributed by atoms with Crippen LogP contribution < -0.4 is 10.9 Å². The zero-order chi connectivity index (χ0) is 15.7. The van der Waals surface area contributed by atoms with E-state index in [1.54, 1.807) is 30.3 Å². The van der Waals surface area contributed by atoms with Gasteiger partial charge in [0.15, 0.2) is 5.69 Å². The molecule has 7 heteroatoms. The van der Waals surface area contributed by atoms with Crippen molar-refractivity contribution in [1.82, 2.24) is 10.2 Å². The first-order valence-electron chi connectivity index (χ1n) is 6.30. The lowest BCUT2D eigenvalue weighted by molar-refractivity contribution is 0.102. The van der Waals surface area contributed by atoms with Gasteiger partial charge in [0.05, 0.1) is 11.1 Å². The van der Waals surface area contributed by atoms with E-state index in [-0.39, 0.29) is 16.9 Å². The molecule has 1 aromatic heterocycles. The van der Waals surface area contributed by atoms with Crippen LogP contribution >= 0.6 is 15.9 Å². The number of H-pyrrole nitrogens is 1. The molecule has 0 bridgehead atoms. The van der Waals surface area contributed by atoms with Crippen molar-refractivity contribution >= 4 is 38.3 Å². The number of halogens is 2. The summed E-state index contributed by atoms with van der Waals surface area (Å²) < 4.78 is 14.3. The molecular weight excluding hydrogens is 353 g/mol. The number of rotatable bonds is 2. The number of hydrogen-bond donors (Lipinski definition) is 2. The highest BCUT2D eigenvalue weighted by Gasteiger charge is 2.15. The maximum atomic E-state index is 13.8. The summed E-state index contributed by atoms with van der Waals surface area (Å²) in [5.74, 6) is -1.18. The highest BCUT2D eigenvalue weighted by Crippen LogP contribution is 2.20. The van der Waals surface area contributed by atoms with Crippen LogP contribution in [0.25, 0.3) is 10.8 Å². The Labute approximate surface area is 132 Å². The SMILES string of the molecule is O=C(Nc1ccc(Br)cc1F)c1n[nH]c(=O)c2ccccc12. The molecule has 3 aromatic rings. The van der Waals surface area contributed by atoms with Crippen LogP contribution in [0.1, 0.15) is 10.5 Å². The molecule has 3 rings (SSSR count). The normalized spacial score (nSPS) is 10.6. The van der Waals surface area contributed by atoms with E-state index < -0.39 is 11.7 Å². The number of nitrogens with zero attached hydrogens (tertiary/aromatic N) is 1. The molecule has 22 heavy (non-hydrogen) atoms. The first-order valence-corrected chi connectivity index (χ1v) is 7.09. The third kappa shape index (κ3) is 2.62. The average Bonchev–Trinajstić information content (AvgIpc) is 2.50. The van der Waals surface area contributed by atoms with Gasteiger partial charge in [-0.3, -0.25) is 9.59 Å². The molecule has 0 fully saturated rings. The molecule has 110 valence electrons. The lowest BCUT2D eigenvalue weighted by Crippen LogP contribution is -2.19. The Kier molecular flexibility index (Phi) is 3.72. The summed E-state index contributed by atoms with van der Waals surface area (Å²) in [4.78, 5) is 24.0. The van der Waals surface area contributed by atoms with Crippen LogP contribution in [0.5, 0.6) is 0 Å². The molecule has 0 saturated carbocycles. The lowest BCUT2D eigenvalue weighted by Gasteiger charge is -2.07. The van der Waals surface area contributed by atoms with Gasteiger partial charge in [-0.05, 0) is 24.3 Å². The van der Waals surface area contributed by atoms with Crippen LogP contribution in [0.2, 0.25) is 0 Å². The second-order valence-corrected chi connectivity index (χ2v) is 5.44. The van der Waals surface area contributed by atoms with Crippen molar-refractivity contribution in [2.24, 2.45) is 0 Å². The number of fused-ring (bicyclic) bond motifs is 1. The molecule has 2 aromatic carbocycles. The Morgan fingerprint density at radius 1 is 1.18 bits per heavy atom. The number of aromatic amines is 1. The molecule has 0 aliphatic carbocycles. The lowest BCUT2D eigenvalue weighted by atomic mass is 10.1. The Morgan fingerprint density at radius 2 is 1.91 bits per heavy atom. The maximum Gasteiger partial charge on any atom is 0.276 e. The van der Waals surface area contributed by atoms with E-state index >= 15 is 0 Å². The Bertz CT molecular complexity index is 939. The van der Waals surface area contributed by atoms with Gasteiger partial charge in [0.1, 0.15) is 5.82 Å². The third-order valence-corrected chi connectivity index (χ3v) is 3.58. The summed E-state index contributed by atoms with van der Waals surface area (Å²) in [6.45, 7) is 0. The van der Waals surface area contributed by atoms with Crippen molar-refractivity contribution in [2.75, 3.05) is 5.32 Å². The second kappa shape index (κ2) is 5.69. The predicted octanol–water partition coefficient (Wildman–Crippen LogP) is 3.08. The fourth-order valence-corrected chi connectivity index (χ4v) is 2.39. The summed E-state index contributed by atoms with van der Waals surface area (Å²) in [6, 6.07) is 10.9. The van der Waals surface area contributed by atoms with Gasteiger partial charge in [-0.1, -0.05) is 34.1 Å². The van der Waals surface area contributed by atoms with Crippen LogP contribution in [0.3, 0.4) is 0 Å². The summed E-state index contributed by atoms with van der Waals surface area (Å²) >= 11 is 3.14. The van der Waals surface area contributed by atoms with Crippen LogP contribution in [0, 0.1) is 5.82 Å². The predicted molar refractivity (Wildman–Crippen MR) is 84.4 cm³/mol. The fraction of sp³-hybridized carbons (Fsp3) is 0. The van der Waals surface area contributed by atoms with Crippen molar-refractivity contribution in [3.63, 3.8) is 0 Å². The highest BCUT2D eigenvalue weighted by molar-refractivity contribution is 9.10. The van der Waals surface area contributed by atoms with Gasteiger partial charge >= 0.3 is 0 Å². The molecule has 0 atom stereocenters. The van der Waals surface area contributed by atoms with Crippen molar-refractivity contribution in [3.8, 4) is 0 Å². The van der Waals surface area contributed by atoms with Crippen LogP contribution in [-0.2, 0) is 0 Å². The van der Waals surface area contributed by atoms with Gasteiger partial charge in [-0.25, -0.2) is 9.49 Å². The zero-order valence-electron chi connectivity index (χ0n) is 11.1. The van der Waals surface area contributed by atoms with Gasteiger partial charge in [-0.2, -0.15) is 5.10 Å². The highest BCUT2D eigenvalue weighted by atomic mass is 79.9. The van der Waals surface area contributed by atoms with E-state index in [0.717, 1.165) is 0 Å². The van der Waals surface area contributed by atoms with Crippen molar-refractivity contribution < 1.29 is 9.18 Å². The molecule has 0 spiro atoms. The summed E-state index contributed by atoms with van der Waals surface area (Å²) in [5.41, 5.74) is -0.329. The third-order valence-electron chi connectivity index (χ3n) is 3.09. The summed E-state index contributed by atoms with van der Waals surface area (Å²) in [5, 5.41) is 9.23. The summed E-state index contributed by atoms with van der Waals surface area (Å²) in [7, 11) is 0. The Hall–Kier alpha value is -2.54. The van der Waals surface area contributed by atoms with Crippen LogP contribution in [0.15, 0.2) is 51.7 Å². The number of anilines is 1. The van der Waals surface area contributed by atoms with Crippen LogP contribution in [-0.4, -0.2) is 16.1 Å². The topological polar surface area (TPSA) is 74.8 Å². The molecule has 1 amide bonds. The number of amides is 1. The minimum atomic E-state index is -0.603. The Balaban J connectivity index is 2.03. The van der Waals surface area contributed by atoms with E-state index in [9.17, 15) is 14.0 Å². The van der Waals surface area contributed by atoms with E-state index in [1.165, 1.54) is 12.1 Å². The number of hydrogen-bond acceptors (Lipinski definition) is 3. The molecule has 1 heterocycles. The van der Waals surface area contributed by atoms with E-state index in [2.05, 4.69) is 31.4 Å². The molecule has 0 radical (unpaired) electrons. The van der Waals surface area contributed by atoms with Crippen molar-refractivity contribution in [1.29, 1.82) is 0 Å². The number of carbonyl (C=O) groups is 1. The minimum absolute atomic E-state index is 0.0255. The zero-order valence-corrected chi connectivity index (χ0v) is 12.6. The number of aromatic nitrogens is 2. The molecule has 0 aliphatic rings. The monoisotopic (exact) mass is 361 g/mol. The van der Waals surface area contributed by atoms with Gasteiger partial charge in [-0.15, -0.1) is 0 Å². The number of carbonyl (C=O) groups excluding carboxylic acids is 1. The fourth-order valence-electron chi connectivity index (χ4n) is 2.06. The quantitative estimate of drug-likeness (QED) is 0.736. The van der Waals surface area contributed by atoms with Crippen molar-refractivity contribution in [3.05, 3.63) is 68.8 Å². The van der Waals surface area contributed by atoms with Gasteiger partial charge in [0.2, 0.25) is 0 Å². The molecule has 2 N–H and O–H groups in total. The first kappa shape index (κ1) is 14.4. The van der Waals surface area contributed by atoms with E-state index in [1.807, 2.05) is 0 Å². The minimum Gasteiger partial charge on any atom is -0.318 e. The maximum absolute atomic E-state index is 13.8.